The normalized spacial score (nSPS) is 14.3. The van der Waals surface area contributed by atoms with Crippen LogP contribution in [0.3, 0.4) is 0 Å². The highest BCUT2D eigenvalue weighted by Gasteiger charge is 2.16. The Kier molecular flexibility index (Phi) is 7.36. The minimum absolute atomic E-state index is 0.0285. The summed E-state index contributed by atoms with van der Waals surface area (Å²) in [7, 11) is 1.62. The number of carbonyl (C=O) groups is 1. The van der Waals surface area contributed by atoms with Gasteiger partial charge in [-0.3, -0.25) is 9.69 Å². The summed E-state index contributed by atoms with van der Waals surface area (Å²) >= 11 is 0. The quantitative estimate of drug-likeness (QED) is 0.253. The molecule has 1 heterocycles. The van der Waals surface area contributed by atoms with Gasteiger partial charge >= 0.3 is 0 Å². The van der Waals surface area contributed by atoms with Crippen molar-refractivity contribution in [3.8, 4) is 11.5 Å². The van der Waals surface area contributed by atoms with Gasteiger partial charge in [0.1, 0.15) is 18.1 Å². The minimum atomic E-state index is -0.0285. The molecule has 1 aliphatic heterocycles. The molecule has 0 unspecified atom stereocenters. The summed E-state index contributed by atoms with van der Waals surface area (Å²) in [5, 5.41) is 0. The highest BCUT2D eigenvalue weighted by Crippen LogP contribution is 2.26. The van der Waals surface area contributed by atoms with Crippen LogP contribution in [-0.4, -0.2) is 44.0 Å². The predicted octanol–water partition coefficient (Wildman–Crippen LogP) is 5.59. The zero-order valence-electron chi connectivity index (χ0n) is 18.5. The topological polar surface area (TPSA) is 38.8 Å². The summed E-state index contributed by atoms with van der Waals surface area (Å²) in [6, 6.07) is 24.9. The van der Waals surface area contributed by atoms with Crippen molar-refractivity contribution in [3.63, 3.8) is 0 Å². The number of hydrogen-bond donors (Lipinski definition) is 0. The summed E-state index contributed by atoms with van der Waals surface area (Å²) in [5.41, 5.74) is 3.11. The minimum Gasteiger partial charge on any atom is -0.497 e. The third kappa shape index (κ3) is 5.65. The van der Waals surface area contributed by atoms with Gasteiger partial charge in [-0.1, -0.05) is 42.5 Å². The number of allylic oxidation sites excluding steroid dienone is 1. The summed E-state index contributed by atoms with van der Waals surface area (Å²) < 4.78 is 11.2. The van der Waals surface area contributed by atoms with Crippen LogP contribution in [0.25, 0.3) is 11.6 Å². The van der Waals surface area contributed by atoms with Crippen LogP contribution in [0.15, 0.2) is 78.9 Å². The molecule has 32 heavy (non-hydrogen) atoms. The van der Waals surface area contributed by atoms with Crippen LogP contribution in [0.5, 0.6) is 11.5 Å². The maximum Gasteiger partial charge on any atom is 0.193 e. The predicted molar refractivity (Wildman–Crippen MR) is 129 cm³/mol. The first-order chi connectivity index (χ1) is 15.7. The monoisotopic (exact) mass is 427 g/mol. The van der Waals surface area contributed by atoms with Crippen LogP contribution in [0.4, 0.5) is 0 Å². The first-order valence-electron chi connectivity index (χ1n) is 11.1. The molecule has 3 aromatic rings. The van der Waals surface area contributed by atoms with E-state index in [1.807, 2.05) is 72.8 Å². The fourth-order valence-corrected chi connectivity index (χ4v) is 3.92. The number of carbonyl (C=O) groups excluding carboxylic acids is 1. The van der Waals surface area contributed by atoms with Gasteiger partial charge in [-0.05, 0) is 79.5 Å². The van der Waals surface area contributed by atoms with Crippen LogP contribution in [0, 0.1) is 0 Å². The Bertz CT molecular complexity index is 1030. The van der Waals surface area contributed by atoms with E-state index >= 15 is 0 Å². The number of likely N-dealkylation sites (tertiary alicyclic amines) is 1. The third-order valence-electron chi connectivity index (χ3n) is 5.75. The lowest BCUT2D eigenvalue weighted by Gasteiger charge is -2.15. The molecule has 0 spiro atoms. The van der Waals surface area contributed by atoms with Gasteiger partial charge in [-0.15, -0.1) is 0 Å². The van der Waals surface area contributed by atoms with Gasteiger partial charge in [0.2, 0.25) is 0 Å². The van der Waals surface area contributed by atoms with Crippen molar-refractivity contribution < 1.29 is 14.3 Å². The van der Waals surface area contributed by atoms with E-state index in [9.17, 15) is 4.79 Å². The van der Waals surface area contributed by atoms with E-state index in [0.717, 1.165) is 29.2 Å². The Morgan fingerprint density at radius 3 is 2.12 bits per heavy atom. The van der Waals surface area contributed by atoms with Gasteiger partial charge in [-0.2, -0.15) is 0 Å². The molecule has 0 atom stereocenters. The highest BCUT2D eigenvalue weighted by molar-refractivity contribution is 6.32. The molecule has 1 aliphatic rings. The van der Waals surface area contributed by atoms with Crippen molar-refractivity contribution in [1.82, 2.24) is 4.90 Å². The lowest BCUT2D eigenvalue weighted by molar-refractivity contribution is 0.105. The van der Waals surface area contributed by atoms with Crippen molar-refractivity contribution in [1.29, 1.82) is 0 Å². The Balaban J connectivity index is 1.54. The largest absolute Gasteiger partial charge is 0.497 e. The summed E-state index contributed by atoms with van der Waals surface area (Å²) in [6.45, 7) is 3.97. The van der Waals surface area contributed by atoms with E-state index in [1.54, 1.807) is 19.2 Å². The smallest absolute Gasteiger partial charge is 0.193 e. The fourth-order valence-electron chi connectivity index (χ4n) is 3.92. The molecule has 3 aromatic carbocycles. The van der Waals surface area contributed by atoms with E-state index in [1.165, 1.54) is 25.9 Å². The molecule has 0 bridgehead atoms. The maximum absolute atomic E-state index is 13.4. The second kappa shape index (κ2) is 10.8. The second-order valence-corrected chi connectivity index (χ2v) is 7.95. The van der Waals surface area contributed by atoms with Gasteiger partial charge in [0.05, 0.1) is 7.11 Å². The number of Topliss-reactive ketones (excluding diaryl/α,β-unsaturated/α-hetero) is 1. The standard InChI is InChI=1S/C28H29NO3/c1-31-25-13-11-24(12-14-25)28(30)27(21-22-7-3-2-4-8-22)23-9-15-26(16-10-23)32-20-19-29-17-5-6-18-29/h2-4,7-16,21H,5-6,17-20H2,1H3/b27-21+. The van der Waals surface area contributed by atoms with Gasteiger partial charge in [0.15, 0.2) is 5.78 Å². The third-order valence-corrected chi connectivity index (χ3v) is 5.75. The molecule has 4 heteroatoms. The van der Waals surface area contributed by atoms with E-state index in [-0.39, 0.29) is 5.78 Å². The summed E-state index contributed by atoms with van der Waals surface area (Å²) in [5.74, 6) is 1.52. The highest BCUT2D eigenvalue weighted by atomic mass is 16.5. The van der Waals surface area contributed by atoms with Crippen molar-refractivity contribution >= 4 is 17.4 Å². The Morgan fingerprint density at radius 2 is 1.47 bits per heavy atom. The van der Waals surface area contributed by atoms with Crippen molar-refractivity contribution in [2.45, 2.75) is 12.8 Å². The van der Waals surface area contributed by atoms with E-state index in [0.29, 0.717) is 17.7 Å². The first-order valence-corrected chi connectivity index (χ1v) is 11.1. The van der Waals surface area contributed by atoms with Crippen molar-refractivity contribution in [3.05, 3.63) is 95.6 Å². The van der Waals surface area contributed by atoms with E-state index < -0.39 is 0 Å². The van der Waals surface area contributed by atoms with Gasteiger partial charge in [-0.25, -0.2) is 0 Å². The van der Waals surface area contributed by atoms with Crippen LogP contribution in [0.1, 0.15) is 34.3 Å². The molecular formula is C28H29NO3. The zero-order valence-corrected chi connectivity index (χ0v) is 18.5. The molecule has 4 nitrogen and oxygen atoms in total. The van der Waals surface area contributed by atoms with Crippen LogP contribution >= 0.6 is 0 Å². The first kappa shape index (κ1) is 21.8. The molecule has 0 radical (unpaired) electrons. The second-order valence-electron chi connectivity index (χ2n) is 7.95. The lowest BCUT2D eigenvalue weighted by Crippen LogP contribution is -2.25. The van der Waals surface area contributed by atoms with Crippen LogP contribution in [-0.2, 0) is 0 Å². The number of ketones is 1. The van der Waals surface area contributed by atoms with Crippen LogP contribution in [0.2, 0.25) is 0 Å². The van der Waals surface area contributed by atoms with Gasteiger partial charge in [0.25, 0.3) is 0 Å². The van der Waals surface area contributed by atoms with Gasteiger partial charge < -0.3 is 9.47 Å². The molecule has 164 valence electrons. The summed E-state index contributed by atoms with van der Waals surface area (Å²) in [4.78, 5) is 15.8. The average molecular weight is 428 g/mol. The molecule has 1 fully saturated rings. The van der Waals surface area contributed by atoms with Crippen molar-refractivity contribution in [2.24, 2.45) is 0 Å². The van der Waals surface area contributed by atoms with Gasteiger partial charge in [0, 0.05) is 17.7 Å². The number of rotatable bonds is 9. The Hall–Kier alpha value is -3.37. The Morgan fingerprint density at radius 1 is 0.844 bits per heavy atom. The number of hydrogen-bond acceptors (Lipinski definition) is 4. The fraction of sp³-hybridized carbons (Fsp3) is 0.250. The molecule has 0 N–H and O–H groups in total. The van der Waals surface area contributed by atoms with Crippen LogP contribution < -0.4 is 9.47 Å². The zero-order chi connectivity index (χ0) is 22.2. The Labute approximate surface area is 190 Å². The average Bonchev–Trinajstić information content (AvgIpc) is 3.37. The lowest BCUT2D eigenvalue weighted by atomic mass is 9.94. The molecule has 0 aliphatic carbocycles. The molecule has 0 amide bonds. The molecule has 1 saturated heterocycles. The molecule has 0 aromatic heterocycles. The molecule has 0 saturated carbocycles. The number of nitrogens with zero attached hydrogens (tertiary/aromatic N) is 1. The number of benzene rings is 3. The summed E-state index contributed by atoms with van der Waals surface area (Å²) in [6.07, 6.45) is 4.51. The number of ether oxygens (including phenoxy) is 2. The van der Waals surface area contributed by atoms with Crippen molar-refractivity contribution in [2.75, 3.05) is 33.4 Å². The van der Waals surface area contributed by atoms with E-state index in [2.05, 4.69) is 4.90 Å². The SMILES string of the molecule is COc1ccc(C(=O)/C(=C/c2ccccc2)c2ccc(OCCN3CCCC3)cc2)cc1. The molecule has 4 rings (SSSR count). The molecular weight excluding hydrogens is 398 g/mol. The number of methoxy groups -OCH3 is 1. The van der Waals surface area contributed by atoms with E-state index in [4.69, 9.17) is 9.47 Å². The maximum atomic E-state index is 13.4.